The van der Waals surface area contributed by atoms with E-state index >= 15 is 0 Å². The van der Waals surface area contributed by atoms with Crippen LogP contribution in [-0.4, -0.2) is 32.0 Å². The summed E-state index contributed by atoms with van der Waals surface area (Å²) >= 11 is -0.786. The Morgan fingerprint density at radius 1 is 0.864 bits per heavy atom. The first-order valence-electron chi connectivity index (χ1n) is 6.90. The minimum atomic E-state index is -0.885. The van der Waals surface area contributed by atoms with E-state index in [0.29, 0.717) is 0 Å². The van der Waals surface area contributed by atoms with Gasteiger partial charge in [-0.1, -0.05) is 0 Å². The van der Waals surface area contributed by atoms with Crippen molar-refractivity contribution in [3.05, 3.63) is 84.4 Å². The summed E-state index contributed by atoms with van der Waals surface area (Å²) in [6.45, 7) is 0. The molecule has 22 heavy (non-hydrogen) atoms. The molecule has 0 aliphatic rings. The molecule has 1 N–H and O–H groups in total. The quantitative estimate of drug-likeness (QED) is 0.538. The van der Waals surface area contributed by atoms with Gasteiger partial charge in [0, 0.05) is 0 Å². The van der Waals surface area contributed by atoms with Crippen molar-refractivity contribution in [2.45, 2.75) is 0 Å². The third kappa shape index (κ3) is 3.39. The van der Waals surface area contributed by atoms with Gasteiger partial charge in [0.15, 0.2) is 0 Å². The van der Waals surface area contributed by atoms with Crippen LogP contribution in [0.25, 0.3) is 14.4 Å². The molecule has 2 nitrogen and oxygen atoms in total. The van der Waals surface area contributed by atoms with Gasteiger partial charge in [0.05, 0.1) is 0 Å². The first kappa shape index (κ1) is 14.8. The van der Waals surface area contributed by atoms with Crippen LogP contribution in [-0.2, 0) is 4.79 Å². The molecule has 3 aromatic carbocycles. The summed E-state index contributed by atoms with van der Waals surface area (Å²) in [7, 11) is 0. The van der Waals surface area contributed by atoms with Gasteiger partial charge < -0.3 is 0 Å². The van der Waals surface area contributed by atoms with Crippen LogP contribution < -0.4 is 3.61 Å². The summed E-state index contributed by atoms with van der Waals surface area (Å²) in [5.74, 6) is -0.885. The summed E-state index contributed by atoms with van der Waals surface area (Å²) in [5.41, 5.74) is 1.00. The van der Waals surface area contributed by atoms with E-state index in [-0.39, 0.29) is 0 Å². The van der Waals surface area contributed by atoms with Crippen LogP contribution in [0, 0.1) is 0 Å². The van der Waals surface area contributed by atoms with E-state index in [1.165, 1.54) is 20.5 Å². The van der Waals surface area contributed by atoms with Crippen molar-refractivity contribution in [3.8, 4) is 0 Å². The monoisotopic (exact) mass is 404 g/mol. The molecule has 0 aliphatic carbocycles. The maximum absolute atomic E-state index is 11.2. The SMILES string of the molecule is O=C(O)/C=C(\[Te]c1cccc2ccccc12)c1ccccc1. The normalized spacial score (nSPS) is 11.5. The molecule has 0 heterocycles. The van der Waals surface area contributed by atoms with Crippen LogP contribution in [0.4, 0.5) is 0 Å². The molecule has 0 spiro atoms. The van der Waals surface area contributed by atoms with E-state index in [1.54, 1.807) is 0 Å². The van der Waals surface area contributed by atoms with Crippen molar-refractivity contribution < 1.29 is 9.90 Å². The van der Waals surface area contributed by atoms with Crippen LogP contribution in [0.5, 0.6) is 0 Å². The van der Waals surface area contributed by atoms with Gasteiger partial charge in [0.2, 0.25) is 0 Å². The average Bonchev–Trinajstić information content (AvgIpc) is 2.55. The van der Waals surface area contributed by atoms with Gasteiger partial charge in [0.25, 0.3) is 0 Å². The summed E-state index contributed by atoms with van der Waals surface area (Å²) in [5, 5.41) is 11.6. The van der Waals surface area contributed by atoms with Crippen molar-refractivity contribution in [3.63, 3.8) is 0 Å². The van der Waals surface area contributed by atoms with E-state index in [4.69, 9.17) is 0 Å². The van der Waals surface area contributed by atoms with Crippen LogP contribution in [0.3, 0.4) is 0 Å². The molecule has 0 bridgehead atoms. The fraction of sp³-hybridized carbons (Fsp3) is 0. The van der Waals surface area contributed by atoms with Gasteiger partial charge in [0.1, 0.15) is 0 Å². The molecule has 0 saturated carbocycles. The van der Waals surface area contributed by atoms with Crippen LogP contribution in [0.15, 0.2) is 78.9 Å². The molecule has 3 rings (SSSR count). The van der Waals surface area contributed by atoms with Crippen LogP contribution in [0.2, 0.25) is 0 Å². The molecule has 0 saturated heterocycles. The van der Waals surface area contributed by atoms with Crippen molar-refractivity contribution in [2.24, 2.45) is 0 Å². The summed E-state index contributed by atoms with van der Waals surface area (Å²) in [6, 6.07) is 24.3. The Morgan fingerprint density at radius 3 is 2.32 bits per heavy atom. The van der Waals surface area contributed by atoms with E-state index in [2.05, 4.69) is 24.3 Å². The number of carboxylic acid groups (broad SMARTS) is 1. The second-order valence-electron chi connectivity index (χ2n) is 4.79. The standard InChI is InChI=1S/C19H14O2Te/c20-19(21)13-18(15-8-2-1-3-9-15)22-17-12-6-10-14-7-4-5-11-16(14)17/h1-13H,(H,20,21)/b18-13-. The van der Waals surface area contributed by atoms with Crippen LogP contribution >= 0.6 is 0 Å². The Hall–Kier alpha value is -2.08. The molecule has 0 aromatic heterocycles. The number of fused-ring (bicyclic) bond motifs is 1. The van der Waals surface area contributed by atoms with E-state index in [0.717, 1.165) is 9.18 Å². The number of carbonyl (C=O) groups is 1. The molecule has 0 amide bonds. The van der Waals surface area contributed by atoms with Crippen molar-refractivity contribution in [2.75, 3.05) is 0 Å². The molecule has 0 unspecified atom stereocenters. The van der Waals surface area contributed by atoms with Gasteiger partial charge in [-0.2, -0.15) is 0 Å². The maximum atomic E-state index is 11.2. The summed E-state index contributed by atoms with van der Waals surface area (Å²) < 4.78 is 2.20. The Kier molecular flexibility index (Phi) is 4.58. The fourth-order valence-corrected chi connectivity index (χ4v) is 5.41. The van der Waals surface area contributed by atoms with Gasteiger partial charge >= 0.3 is 139 Å². The van der Waals surface area contributed by atoms with Crippen LogP contribution in [0.1, 0.15) is 5.56 Å². The predicted molar refractivity (Wildman–Crippen MR) is 91.4 cm³/mol. The Balaban J connectivity index is 2.05. The number of rotatable bonds is 4. The Morgan fingerprint density at radius 2 is 1.55 bits per heavy atom. The second-order valence-corrected chi connectivity index (χ2v) is 7.89. The number of hydrogen-bond acceptors (Lipinski definition) is 1. The number of hydrogen-bond donors (Lipinski definition) is 1. The molecule has 0 aliphatic heterocycles. The third-order valence-corrected chi connectivity index (χ3v) is 6.56. The number of carboxylic acids is 1. The topological polar surface area (TPSA) is 37.3 Å². The van der Waals surface area contributed by atoms with E-state index in [9.17, 15) is 9.90 Å². The van der Waals surface area contributed by atoms with E-state index in [1.807, 2.05) is 48.5 Å². The average molecular weight is 402 g/mol. The van der Waals surface area contributed by atoms with Gasteiger partial charge in [-0.3, -0.25) is 0 Å². The Labute approximate surface area is 139 Å². The first-order chi connectivity index (χ1) is 10.7. The third-order valence-electron chi connectivity index (χ3n) is 3.28. The molecular weight excluding hydrogens is 388 g/mol. The first-order valence-corrected chi connectivity index (χ1v) is 9.23. The molecule has 0 radical (unpaired) electrons. The van der Waals surface area contributed by atoms with E-state index < -0.39 is 26.9 Å². The van der Waals surface area contributed by atoms with Crippen molar-refractivity contribution >= 4 is 44.9 Å². The molecule has 0 fully saturated rings. The number of benzene rings is 3. The summed E-state index contributed by atoms with van der Waals surface area (Å²) in [4.78, 5) is 11.2. The zero-order valence-corrected chi connectivity index (χ0v) is 14.1. The van der Waals surface area contributed by atoms with Gasteiger partial charge in [-0.25, -0.2) is 0 Å². The fourth-order valence-electron chi connectivity index (χ4n) is 2.29. The molecular formula is C19H14O2Te. The molecule has 108 valence electrons. The zero-order valence-electron chi connectivity index (χ0n) is 11.8. The zero-order chi connectivity index (χ0) is 15.4. The molecule has 3 heteroatoms. The molecule has 0 atom stereocenters. The Bertz CT molecular complexity index is 833. The predicted octanol–water partition coefficient (Wildman–Crippen LogP) is 3.30. The minimum absolute atomic E-state index is 0.786. The number of aliphatic carboxylic acids is 1. The summed E-state index contributed by atoms with van der Waals surface area (Å²) in [6.07, 6.45) is 1.36. The van der Waals surface area contributed by atoms with Crippen molar-refractivity contribution in [1.29, 1.82) is 0 Å². The van der Waals surface area contributed by atoms with Gasteiger partial charge in [-0.15, -0.1) is 0 Å². The molecule has 3 aromatic rings. The van der Waals surface area contributed by atoms with Crippen molar-refractivity contribution in [1.82, 2.24) is 0 Å². The second kappa shape index (κ2) is 6.79. The van der Waals surface area contributed by atoms with Gasteiger partial charge in [-0.05, 0) is 0 Å².